The van der Waals surface area contributed by atoms with E-state index in [2.05, 4.69) is 105 Å². The van der Waals surface area contributed by atoms with Crippen molar-refractivity contribution in [3.63, 3.8) is 0 Å². The standard InChI is InChI=1S/C20H23NO2.C14H17N.C8H10.2C2H6/c1-5-19(15-7-11-17(22-3)12-8-15)21-20(6-2)16-9-13-18(23-4)14-10-16;1-15(14-11-7-4-8-12-14)13-9-5-2-3-6-10-13;1-8-6-4-2-3-5-7-8;2*1-2/h5,7-14H,6H2,1-4H3;2-5,7,9-11H,6,8,12H2,1H3;2-4,6-7H,5H2,1H3;2*1-2H3/b19-5-,21-20?;;;;. The van der Waals surface area contributed by atoms with Crippen molar-refractivity contribution in [1.82, 2.24) is 4.90 Å². The molecule has 0 aliphatic heterocycles. The monoisotopic (exact) mass is 674 g/mol. The van der Waals surface area contributed by atoms with Gasteiger partial charge in [-0.05, 0) is 112 Å². The van der Waals surface area contributed by atoms with Crippen LogP contribution in [-0.4, -0.2) is 31.9 Å². The largest absolute Gasteiger partial charge is 0.497 e. The zero-order chi connectivity index (χ0) is 37.0. The molecule has 4 nitrogen and oxygen atoms in total. The average molecular weight is 675 g/mol. The smallest absolute Gasteiger partial charge is 0.118 e. The molecule has 0 spiro atoms. The summed E-state index contributed by atoms with van der Waals surface area (Å²) >= 11 is 0. The number of ether oxygens (including phenoxy) is 2. The second kappa shape index (κ2) is 27.0. The molecular weight excluding hydrogens is 613 g/mol. The SMILES string of the molecule is C/C=C(\N=C(CC)c1ccc(OC)cc1)c1ccc(OC)cc1.CC.CC.CC1=CCC=CC=C1.CN(C1=CCC=CC=C1)C1=CC=CCC1. The summed E-state index contributed by atoms with van der Waals surface area (Å²) in [6, 6.07) is 16.0. The van der Waals surface area contributed by atoms with Crippen molar-refractivity contribution >= 4 is 11.4 Å². The molecule has 0 N–H and O–H groups in total. The molecule has 50 heavy (non-hydrogen) atoms. The van der Waals surface area contributed by atoms with Crippen molar-refractivity contribution in [2.45, 2.75) is 80.6 Å². The van der Waals surface area contributed by atoms with E-state index in [9.17, 15) is 0 Å². The van der Waals surface area contributed by atoms with E-state index in [0.29, 0.717) is 0 Å². The van der Waals surface area contributed by atoms with Crippen LogP contribution in [0.3, 0.4) is 0 Å². The first-order valence-electron chi connectivity index (χ1n) is 18.1. The molecule has 4 heteroatoms. The van der Waals surface area contributed by atoms with Gasteiger partial charge in [-0.1, -0.05) is 113 Å². The van der Waals surface area contributed by atoms with Gasteiger partial charge in [-0.15, -0.1) is 0 Å². The third-order valence-corrected chi connectivity index (χ3v) is 7.64. The van der Waals surface area contributed by atoms with Gasteiger partial charge in [0, 0.05) is 29.7 Å². The van der Waals surface area contributed by atoms with E-state index >= 15 is 0 Å². The second-order valence-electron chi connectivity index (χ2n) is 10.8. The van der Waals surface area contributed by atoms with Gasteiger partial charge >= 0.3 is 0 Å². The predicted octanol–water partition coefficient (Wildman–Crippen LogP) is 13.0. The van der Waals surface area contributed by atoms with Crippen molar-refractivity contribution in [3.8, 4) is 11.5 Å². The Labute approximate surface area is 305 Å². The quantitative estimate of drug-likeness (QED) is 0.261. The minimum atomic E-state index is 0.846. The van der Waals surface area contributed by atoms with Crippen molar-refractivity contribution < 1.29 is 9.47 Å². The molecule has 3 aliphatic carbocycles. The molecule has 0 bridgehead atoms. The van der Waals surface area contributed by atoms with Crippen molar-refractivity contribution in [1.29, 1.82) is 0 Å². The molecule has 2 aromatic rings. The third-order valence-electron chi connectivity index (χ3n) is 7.64. The van der Waals surface area contributed by atoms with Crippen LogP contribution in [0.2, 0.25) is 0 Å². The van der Waals surface area contributed by atoms with Crippen molar-refractivity contribution in [2.75, 3.05) is 21.3 Å². The Morgan fingerprint density at radius 3 is 1.82 bits per heavy atom. The van der Waals surface area contributed by atoms with Gasteiger partial charge in [0.25, 0.3) is 0 Å². The van der Waals surface area contributed by atoms with Crippen LogP contribution in [0.5, 0.6) is 11.5 Å². The zero-order valence-corrected chi connectivity index (χ0v) is 32.4. The molecule has 2 aromatic carbocycles. The lowest BCUT2D eigenvalue weighted by Crippen LogP contribution is -2.16. The number of methoxy groups -OCH3 is 2. The molecule has 0 heterocycles. The second-order valence-corrected chi connectivity index (χ2v) is 10.8. The first-order valence-corrected chi connectivity index (χ1v) is 18.1. The molecule has 0 amide bonds. The van der Waals surface area contributed by atoms with Gasteiger partial charge in [-0.2, -0.15) is 0 Å². The first kappa shape index (κ1) is 43.2. The van der Waals surface area contributed by atoms with E-state index in [-0.39, 0.29) is 0 Å². The van der Waals surface area contributed by atoms with Crippen LogP contribution in [0.1, 0.15) is 91.7 Å². The van der Waals surface area contributed by atoms with E-state index in [4.69, 9.17) is 14.5 Å². The van der Waals surface area contributed by atoms with E-state index < -0.39 is 0 Å². The Morgan fingerprint density at radius 2 is 1.30 bits per heavy atom. The van der Waals surface area contributed by atoms with Gasteiger partial charge < -0.3 is 14.4 Å². The fraction of sp³-hybridized carbons (Fsp3) is 0.326. The highest BCUT2D eigenvalue weighted by atomic mass is 16.5. The molecular formula is C46H62N2O2. The lowest BCUT2D eigenvalue weighted by molar-refractivity contribution is 0.414. The first-order chi connectivity index (χ1) is 24.5. The van der Waals surface area contributed by atoms with Crippen LogP contribution in [0.25, 0.3) is 5.70 Å². The third kappa shape index (κ3) is 16.0. The topological polar surface area (TPSA) is 34.1 Å². The normalized spacial score (nSPS) is 14.6. The Morgan fingerprint density at radius 1 is 0.740 bits per heavy atom. The lowest BCUT2D eigenvalue weighted by atomic mass is 10.1. The fourth-order valence-electron chi connectivity index (χ4n) is 4.87. The minimum Gasteiger partial charge on any atom is -0.497 e. The summed E-state index contributed by atoms with van der Waals surface area (Å²) in [5.74, 6) is 1.70. The summed E-state index contributed by atoms with van der Waals surface area (Å²) in [4.78, 5) is 7.15. The van der Waals surface area contributed by atoms with Crippen LogP contribution < -0.4 is 9.47 Å². The Hall–Kier alpha value is -4.83. The number of likely N-dealkylation sites (N-methyl/N-ethyl adjacent to an activating group) is 1. The van der Waals surface area contributed by atoms with Crippen LogP contribution in [0.4, 0.5) is 0 Å². The number of allylic oxidation sites excluding steroid dienone is 16. The molecule has 0 radical (unpaired) electrons. The van der Waals surface area contributed by atoms with Gasteiger partial charge in [-0.3, -0.25) is 4.99 Å². The van der Waals surface area contributed by atoms with Crippen molar-refractivity contribution in [2.24, 2.45) is 4.99 Å². The van der Waals surface area contributed by atoms with Gasteiger partial charge in [-0.25, -0.2) is 0 Å². The molecule has 5 rings (SSSR count). The van der Waals surface area contributed by atoms with Crippen LogP contribution in [-0.2, 0) is 0 Å². The highest BCUT2D eigenvalue weighted by Crippen LogP contribution is 2.23. The van der Waals surface area contributed by atoms with Crippen LogP contribution in [0.15, 0.2) is 156 Å². The molecule has 0 atom stereocenters. The maximum atomic E-state index is 5.21. The molecule has 0 saturated carbocycles. The molecule has 0 aromatic heterocycles. The maximum Gasteiger partial charge on any atom is 0.118 e. The number of aliphatic imine (C=N–C) groups is 1. The fourth-order valence-corrected chi connectivity index (χ4v) is 4.87. The Balaban J connectivity index is 0.000000395. The Bertz CT molecular complexity index is 1540. The predicted molar refractivity (Wildman–Crippen MR) is 221 cm³/mol. The number of rotatable bonds is 8. The summed E-state index contributed by atoms with van der Waals surface area (Å²) in [5.41, 5.74) is 8.25. The van der Waals surface area contributed by atoms with Gasteiger partial charge in [0.2, 0.25) is 0 Å². The van der Waals surface area contributed by atoms with Crippen molar-refractivity contribution in [3.05, 3.63) is 162 Å². The number of hydrogen-bond donors (Lipinski definition) is 0. The summed E-state index contributed by atoms with van der Waals surface area (Å²) in [7, 11) is 5.49. The summed E-state index contributed by atoms with van der Waals surface area (Å²) in [6.45, 7) is 14.2. The van der Waals surface area contributed by atoms with Gasteiger partial charge in [0.1, 0.15) is 11.5 Å². The highest BCUT2D eigenvalue weighted by Gasteiger charge is 2.09. The van der Waals surface area contributed by atoms with Crippen LogP contribution >= 0.6 is 0 Å². The highest BCUT2D eigenvalue weighted by molar-refractivity contribution is 6.03. The van der Waals surface area contributed by atoms with Gasteiger partial charge in [0.05, 0.1) is 19.9 Å². The molecule has 3 aliphatic rings. The molecule has 0 saturated heterocycles. The summed E-state index contributed by atoms with van der Waals surface area (Å²) < 4.78 is 10.4. The maximum absolute atomic E-state index is 5.21. The van der Waals surface area contributed by atoms with E-state index in [1.807, 2.05) is 89.2 Å². The minimum absolute atomic E-state index is 0.846. The molecule has 0 unspecified atom stereocenters. The average Bonchev–Trinajstić information content (AvgIpc) is 3.63. The summed E-state index contributed by atoms with van der Waals surface area (Å²) in [5, 5.41) is 0. The molecule has 0 fully saturated rings. The van der Waals surface area contributed by atoms with Gasteiger partial charge in [0.15, 0.2) is 0 Å². The zero-order valence-electron chi connectivity index (χ0n) is 32.4. The Kier molecular flexibility index (Phi) is 23.4. The summed E-state index contributed by atoms with van der Waals surface area (Å²) in [6.07, 6.45) is 35.3. The molecule has 268 valence electrons. The number of benzene rings is 2. The lowest BCUT2D eigenvalue weighted by Gasteiger charge is -2.24. The van der Waals surface area contributed by atoms with E-state index in [1.165, 1.54) is 17.0 Å². The van der Waals surface area contributed by atoms with Crippen LogP contribution in [0, 0.1) is 0 Å². The van der Waals surface area contributed by atoms with E-state index in [1.54, 1.807) is 14.2 Å². The number of hydrogen-bond acceptors (Lipinski definition) is 4. The number of nitrogens with zero attached hydrogens (tertiary/aromatic N) is 2. The van der Waals surface area contributed by atoms with E-state index in [0.717, 1.165) is 66.1 Å².